The number of para-hydroxylation sites is 2. The van der Waals surface area contributed by atoms with Gasteiger partial charge in [-0.3, -0.25) is 9.59 Å². The quantitative estimate of drug-likeness (QED) is 0.411. The molecule has 3 aromatic carbocycles. The van der Waals surface area contributed by atoms with Crippen molar-refractivity contribution >= 4 is 21.8 Å². The smallest absolute Gasteiger partial charge is 0.252 e. The lowest BCUT2D eigenvalue weighted by Crippen LogP contribution is -2.06. The van der Waals surface area contributed by atoms with Crippen LogP contribution in [0.3, 0.4) is 0 Å². The summed E-state index contributed by atoms with van der Waals surface area (Å²) in [5.74, 6) is 0.637. The Morgan fingerprint density at radius 3 is 1.94 bits per heavy atom. The van der Waals surface area contributed by atoms with Gasteiger partial charge in [-0.1, -0.05) is 54.6 Å². The first kappa shape index (κ1) is 20.0. The van der Waals surface area contributed by atoms with Gasteiger partial charge in [0.1, 0.15) is 18.1 Å². The number of hydrogen-bond acceptors (Lipinski definition) is 4. The molecular formula is C25H20N2O4. The zero-order valence-electron chi connectivity index (χ0n) is 16.5. The van der Waals surface area contributed by atoms with E-state index in [1.165, 1.54) is 12.1 Å². The van der Waals surface area contributed by atoms with Crippen molar-refractivity contribution in [2.45, 2.75) is 6.61 Å². The summed E-state index contributed by atoms with van der Waals surface area (Å²) >= 11 is 0. The minimum atomic E-state index is -0.286. The van der Waals surface area contributed by atoms with E-state index in [2.05, 4.69) is 9.97 Å². The number of ether oxygens (including phenoxy) is 1. The van der Waals surface area contributed by atoms with Crippen LogP contribution in [0.15, 0.2) is 101 Å². The van der Waals surface area contributed by atoms with Crippen molar-refractivity contribution in [2.75, 3.05) is 0 Å². The highest BCUT2D eigenvalue weighted by Gasteiger charge is 2.04. The van der Waals surface area contributed by atoms with Crippen molar-refractivity contribution in [1.82, 2.24) is 9.97 Å². The van der Waals surface area contributed by atoms with E-state index in [-0.39, 0.29) is 16.9 Å². The van der Waals surface area contributed by atoms with Gasteiger partial charge in [-0.15, -0.1) is 0 Å². The zero-order valence-corrected chi connectivity index (χ0v) is 16.5. The van der Waals surface area contributed by atoms with Crippen molar-refractivity contribution in [3.05, 3.63) is 117 Å². The molecule has 31 heavy (non-hydrogen) atoms. The summed E-state index contributed by atoms with van der Waals surface area (Å²) in [6, 6.07) is 27.3. The van der Waals surface area contributed by atoms with Crippen LogP contribution in [0, 0.1) is 0 Å². The van der Waals surface area contributed by atoms with Crippen molar-refractivity contribution in [1.29, 1.82) is 0 Å². The van der Waals surface area contributed by atoms with E-state index in [1.54, 1.807) is 24.3 Å². The second kappa shape index (κ2) is 9.00. The Hall–Kier alpha value is -4.32. The third kappa shape index (κ3) is 4.82. The number of aromatic nitrogens is 2. The molecule has 0 fully saturated rings. The van der Waals surface area contributed by atoms with Crippen LogP contribution in [-0.2, 0) is 6.61 Å². The molecule has 154 valence electrons. The van der Waals surface area contributed by atoms with Crippen LogP contribution in [0.25, 0.3) is 21.8 Å². The minimum absolute atomic E-state index is 0.0225. The fraction of sp³-hybridized carbons (Fsp3) is 0.0400. The maximum Gasteiger partial charge on any atom is 0.252 e. The molecule has 0 bridgehead atoms. The molecular weight excluding hydrogens is 392 g/mol. The lowest BCUT2D eigenvalue weighted by atomic mass is 10.2. The summed E-state index contributed by atoms with van der Waals surface area (Å²) in [5, 5.41) is 10.9. The van der Waals surface area contributed by atoms with Crippen LogP contribution in [0.2, 0.25) is 0 Å². The van der Waals surface area contributed by atoms with Crippen molar-refractivity contribution in [2.24, 2.45) is 0 Å². The van der Waals surface area contributed by atoms with E-state index in [4.69, 9.17) is 4.74 Å². The number of hydrogen-bond donors (Lipinski definition) is 3. The third-order valence-corrected chi connectivity index (χ3v) is 4.68. The average Bonchev–Trinajstić information content (AvgIpc) is 2.78. The molecule has 0 amide bonds. The highest BCUT2D eigenvalue weighted by atomic mass is 16.5. The predicted molar refractivity (Wildman–Crippen MR) is 122 cm³/mol. The molecule has 2 aromatic heterocycles. The van der Waals surface area contributed by atoms with E-state index in [0.717, 1.165) is 16.5 Å². The molecule has 0 saturated heterocycles. The Morgan fingerprint density at radius 1 is 0.677 bits per heavy atom. The molecule has 0 radical (unpaired) electrons. The monoisotopic (exact) mass is 412 g/mol. The van der Waals surface area contributed by atoms with Gasteiger partial charge in [0, 0.05) is 22.9 Å². The zero-order chi connectivity index (χ0) is 21.6. The van der Waals surface area contributed by atoms with Gasteiger partial charge in [-0.05, 0) is 29.8 Å². The lowest BCUT2D eigenvalue weighted by Gasteiger charge is -2.08. The minimum Gasteiger partial charge on any atom is -0.507 e. The first-order valence-corrected chi connectivity index (χ1v) is 9.70. The molecule has 0 spiro atoms. The number of nitrogens with one attached hydrogen (secondary N) is 2. The van der Waals surface area contributed by atoms with Crippen LogP contribution in [-0.4, -0.2) is 15.1 Å². The van der Waals surface area contributed by atoms with Gasteiger partial charge in [0.05, 0.1) is 11.0 Å². The van der Waals surface area contributed by atoms with Crippen LogP contribution in [0.5, 0.6) is 11.5 Å². The molecule has 0 atom stereocenters. The summed E-state index contributed by atoms with van der Waals surface area (Å²) in [7, 11) is 0. The van der Waals surface area contributed by atoms with Crippen LogP contribution in [0.1, 0.15) is 5.56 Å². The van der Waals surface area contributed by atoms with Crippen molar-refractivity contribution in [3.8, 4) is 11.5 Å². The number of fused-ring (bicyclic) bond motifs is 2. The fourth-order valence-corrected chi connectivity index (χ4v) is 3.21. The molecule has 6 nitrogen and oxygen atoms in total. The number of H-pyrrole nitrogens is 2. The topological polar surface area (TPSA) is 95.2 Å². The van der Waals surface area contributed by atoms with Crippen LogP contribution >= 0.6 is 0 Å². The standard InChI is InChI=1S/C16H13NO2.C9H7NO2/c18-16-10-15(13-8-4-5-9-14(13)17-16)19-11-12-6-2-1-3-7-12;11-8-5-9(12)10-7-4-2-1-3-6(7)8/h1-10H,11H2,(H,17,18);1-5H,(H2,10,11,12). The van der Waals surface area contributed by atoms with Gasteiger partial charge < -0.3 is 19.8 Å². The number of pyridine rings is 2. The van der Waals surface area contributed by atoms with Gasteiger partial charge in [0.2, 0.25) is 0 Å². The molecule has 5 aromatic rings. The van der Waals surface area contributed by atoms with Crippen molar-refractivity contribution in [3.63, 3.8) is 0 Å². The van der Waals surface area contributed by atoms with Gasteiger partial charge in [-0.2, -0.15) is 0 Å². The number of rotatable bonds is 3. The molecule has 0 aliphatic heterocycles. The summed E-state index contributed by atoms with van der Waals surface area (Å²) in [5.41, 5.74) is 2.08. The normalized spacial score (nSPS) is 10.5. The SMILES string of the molecule is O=c1cc(O)c2ccccc2[nH]1.O=c1cc(OCc2ccccc2)c2ccccc2[nH]1. The Balaban J connectivity index is 0.000000166. The number of benzene rings is 3. The fourth-order valence-electron chi connectivity index (χ4n) is 3.21. The first-order chi connectivity index (χ1) is 15.1. The molecule has 0 aliphatic rings. The molecule has 0 unspecified atom stereocenters. The van der Waals surface area contributed by atoms with E-state index in [9.17, 15) is 14.7 Å². The second-order valence-corrected chi connectivity index (χ2v) is 6.88. The van der Waals surface area contributed by atoms with Gasteiger partial charge in [-0.25, -0.2) is 0 Å². The Labute approximate surface area is 177 Å². The van der Waals surface area contributed by atoms with E-state index in [0.29, 0.717) is 23.3 Å². The maximum atomic E-state index is 11.6. The Morgan fingerprint density at radius 2 is 1.23 bits per heavy atom. The molecule has 6 heteroatoms. The van der Waals surface area contributed by atoms with Crippen LogP contribution in [0.4, 0.5) is 0 Å². The van der Waals surface area contributed by atoms with E-state index in [1.807, 2.05) is 54.6 Å². The maximum absolute atomic E-state index is 11.6. The third-order valence-electron chi connectivity index (χ3n) is 4.68. The summed E-state index contributed by atoms with van der Waals surface area (Å²) in [4.78, 5) is 27.9. The summed E-state index contributed by atoms with van der Waals surface area (Å²) < 4.78 is 5.77. The Bertz CT molecular complexity index is 1440. The van der Waals surface area contributed by atoms with E-state index < -0.39 is 0 Å². The van der Waals surface area contributed by atoms with Crippen molar-refractivity contribution < 1.29 is 9.84 Å². The summed E-state index contributed by atoms with van der Waals surface area (Å²) in [6.07, 6.45) is 0. The predicted octanol–water partition coefficient (Wildman–Crippen LogP) is 4.34. The average molecular weight is 412 g/mol. The van der Waals surface area contributed by atoms with Gasteiger partial charge in [0.25, 0.3) is 11.1 Å². The number of aromatic hydroxyl groups is 1. The number of aromatic amines is 2. The summed E-state index contributed by atoms with van der Waals surface area (Å²) in [6.45, 7) is 0.453. The molecule has 0 aliphatic carbocycles. The molecule has 5 rings (SSSR count). The largest absolute Gasteiger partial charge is 0.507 e. The molecule has 3 N–H and O–H groups in total. The molecule has 2 heterocycles. The van der Waals surface area contributed by atoms with Gasteiger partial charge in [0.15, 0.2) is 0 Å². The highest BCUT2D eigenvalue weighted by Crippen LogP contribution is 2.22. The van der Waals surface area contributed by atoms with Crippen LogP contribution < -0.4 is 15.9 Å². The second-order valence-electron chi connectivity index (χ2n) is 6.88. The lowest BCUT2D eigenvalue weighted by molar-refractivity contribution is 0.309. The first-order valence-electron chi connectivity index (χ1n) is 9.70. The van der Waals surface area contributed by atoms with E-state index >= 15 is 0 Å². The Kier molecular flexibility index (Phi) is 5.80. The molecule has 0 saturated carbocycles. The van der Waals surface area contributed by atoms with Gasteiger partial charge >= 0.3 is 0 Å². The highest BCUT2D eigenvalue weighted by molar-refractivity contribution is 5.85.